The molecule has 2 heterocycles. The number of morpholine rings is 1. The number of aliphatic carboxylic acids is 1. The van der Waals surface area contributed by atoms with Gasteiger partial charge >= 0.3 is 5.97 Å². The lowest BCUT2D eigenvalue weighted by atomic mass is 9.75. The van der Waals surface area contributed by atoms with Crippen molar-refractivity contribution in [2.24, 2.45) is 11.8 Å². The molecule has 1 aliphatic carbocycles. The van der Waals surface area contributed by atoms with E-state index in [4.69, 9.17) is 9.47 Å². The quantitative estimate of drug-likeness (QED) is 0.349. The Morgan fingerprint density at radius 2 is 1.62 bits per heavy atom. The third-order valence-corrected chi connectivity index (χ3v) is 10.0. The van der Waals surface area contributed by atoms with Crippen LogP contribution in [0.3, 0.4) is 0 Å². The number of carboxylic acid groups (broad SMARTS) is 1. The number of anilines is 2. The van der Waals surface area contributed by atoms with Crippen molar-refractivity contribution < 1.29 is 33.8 Å². The minimum atomic E-state index is -2.38. The largest absolute Gasteiger partial charge is 0.481 e. The summed E-state index contributed by atoms with van der Waals surface area (Å²) < 4.78 is 13.1. The van der Waals surface area contributed by atoms with E-state index < -0.39 is 47.0 Å². The zero-order chi connectivity index (χ0) is 29.8. The SMILES string of the molecule is Cc1ccc2c(c1)C(=O)C1(OC(c3ccc(Br)c(Br)c3)C(C(=O)Nc3ccc(N4CCOCC4)cc3)C1C(=O)O)C2=O. The summed E-state index contributed by atoms with van der Waals surface area (Å²) in [5.41, 5.74) is 0.406. The first-order valence-corrected chi connectivity index (χ1v) is 15.0. The van der Waals surface area contributed by atoms with Gasteiger partial charge in [-0.05, 0) is 86.8 Å². The van der Waals surface area contributed by atoms with E-state index in [2.05, 4.69) is 42.1 Å². The van der Waals surface area contributed by atoms with Crippen molar-refractivity contribution in [1.29, 1.82) is 0 Å². The van der Waals surface area contributed by atoms with Crippen molar-refractivity contribution in [1.82, 2.24) is 0 Å². The summed E-state index contributed by atoms with van der Waals surface area (Å²) in [5, 5.41) is 13.4. The molecule has 6 rings (SSSR count). The van der Waals surface area contributed by atoms with Crippen molar-refractivity contribution in [2.45, 2.75) is 18.6 Å². The number of halogens is 2. The molecule has 2 N–H and O–H groups in total. The van der Waals surface area contributed by atoms with Gasteiger partial charge in [-0.1, -0.05) is 23.8 Å². The van der Waals surface area contributed by atoms with E-state index in [0.717, 1.165) is 28.8 Å². The maximum atomic E-state index is 14.0. The number of aryl methyl sites for hydroxylation is 1. The number of nitrogens with one attached hydrogen (secondary N) is 1. The summed E-state index contributed by atoms with van der Waals surface area (Å²) >= 11 is 6.87. The normalized spacial score (nSPS) is 25.1. The van der Waals surface area contributed by atoms with Gasteiger partial charge in [0.15, 0.2) is 0 Å². The van der Waals surface area contributed by atoms with Crippen LogP contribution < -0.4 is 10.2 Å². The highest BCUT2D eigenvalue weighted by molar-refractivity contribution is 9.13. The number of hydrogen-bond donors (Lipinski definition) is 2. The van der Waals surface area contributed by atoms with Gasteiger partial charge < -0.3 is 24.8 Å². The number of ether oxygens (including phenoxy) is 2. The second-order valence-electron chi connectivity index (χ2n) is 10.6. The maximum absolute atomic E-state index is 14.0. The van der Waals surface area contributed by atoms with Crippen LogP contribution in [0, 0.1) is 18.8 Å². The molecule has 9 nitrogen and oxygen atoms in total. The summed E-state index contributed by atoms with van der Waals surface area (Å²) in [4.78, 5) is 57.0. The molecule has 42 heavy (non-hydrogen) atoms. The third kappa shape index (κ3) is 4.68. The predicted octanol–water partition coefficient (Wildman–Crippen LogP) is 5.20. The van der Waals surface area contributed by atoms with E-state index >= 15 is 0 Å². The van der Waals surface area contributed by atoms with Crippen LogP contribution in [0.2, 0.25) is 0 Å². The van der Waals surface area contributed by atoms with Gasteiger partial charge in [0, 0.05) is 44.5 Å². The Kier molecular flexibility index (Phi) is 7.55. The number of carboxylic acids is 1. The molecule has 0 saturated carbocycles. The lowest BCUT2D eigenvalue weighted by Crippen LogP contribution is -2.52. The van der Waals surface area contributed by atoms with Crippen LogP contribution in [0.1, 0.15) is 37.9 Å². The van der Waals surface area contributed by atoms with Crippen LogP contribution in [0.4, 0.5) is 11.4 Å². The van der Waals surface area contributed by atoms with E-state index in [0.29, 0.717) is 28.9 Å². The van der Waals surface area contributed by atoms with Crippen LogP contribution in [-0.4, -0.2) is 60.5 Å². The molecule has 1 amide bonds. The number of benzene rings is 3. The Hall–Kier alpha value is -3.38. The molecule has 0 aromatic heterocycles. The fourth-order valence-electron chi connectivity index (χ4n) is 6.10. The molecule has 1 spiro atoms. The van der Waals surface area contributed by atoms with E-state index in [1.165, 1.54) is 6.07 Å². The Morgan fingerprint density at radius 1 is 0.929 bits per heavy atom. The van der Waals surface area contributed by atoms with E-state index in [1.54, 1.807) is 49.4 Å². The summed E-state index contributed by atoms with van der Waals surface area (Å²) in [5.74, 6) is -6.81. The average Bonchev–Trinajstić information content (AvgIpc) is 3.45. The van der Waals surface area contributed by atoms with Crippen molar-refractivity contribution in [2.75, 3.05) is 36.5 Å². The molecule has 11 heteroatoms. The Labute approximate surface area is 258 Å². The van der Waals surface area contributed by atoms with Gasteiger partial charge in [-0.15, -0.1) is 0 Å². The highest BCUT2D eigenvalue weighted by Gasteiger charge is 2.71. The van der Waals surface area contributed by atoms with Crippen molar-refractivity contribution >= 4 is 66.7 Å². The van der Waals surface area contributed by atoms with Crippen LogP contribution in [-0.2, 0) is 19.1 Å². The molecule has 3 aromatic carbocycles. The van der Waals surface area contributed by atoms with E-state index in [9.17, 15) is 24.3 Å². The molecule has 2 fully saturated rings. The van der Waals surface area contributed by atoms with Crippen LogP contribution in [0.25, 0.3) is 0 Å². The Bertz CT molecular complexity index is 1620. The van der Waals surface area contributed by atoms with Gasteiger partial charge in [-0.2, -0.15) is 0 Å². The monoisotopic (exact) mass is 696 g/mol. The number of nitrogens with zero attached hydrogens (tertiary/aromatic N) is 1. The molecule has 216 valence electrons. The zero-order valence-corrected chi connectivity index (χ0v) is 25.6. The molecule has 4 atom stereocenters. The molecular weight excluding hydrogens is 672 g/mol. The minimum Gasteiger partial charge on any atom is -0.481 e. The third-order valence-electron chi connectivity index (χ3n) is 8.13. The molecule has 0 bridgehead atoms. The van der Waals surface area contributed by atoms with Crippen LogP contribution in [0.15, 0.2) is 69.6 Å². The topological polar surface area (TPSA) is 122 Å². The number of fused-ring (bicyclic) bond motifs is 1. The van der Waals surface area contributed by atoms with Crippen molar-refractivity contribution in [3.63, 3.8) is 0 Å². The lowest BCUT2D eigenvalue weighted by molar-refractivity contribution is -0.147. The van der Waals surface area contributed by atoms with Gasteiger partial charge in [-0.3, -0.25) is 19.2 Å². The highest BCUT2D eigenvalue weighted by Crippen LogP contribution is 2.54. The molecule has 3 aliphatic rings. The summed E-state index contributed by atoms with van der Waals surface area (Å²) in [6.07, 6.45) is -1.20. The van der Waals surface area contributed by atoms with Gasteiger partial charge in [0.25, 0.3) is 0 Å². The molecule has 3 aromatic rings. The van der Waals surface area contributed by atoms with Gasteiger partial charge in [0.2, 0.25) is 23.1 Å². The second kappa shape index (κ2) is 11.0. The number of ketones is 2. The highest BCUT2D eigenvalue weighted by atomic mass is 79.9. The number of hydrogen-bond acceptors (Lipinski definition) is 7. The minimum absolute atomic E-state index is 0.0901. The standard InChI is InChI=1S/C31H26Br2N2O7/c1-16-2-8-20-21(14-16)28(37)31(27(20)36)25(30(39)40)24(26(42-31)17-3-9-22(32)23(33)15-17)29(38)34-18-4-6-19(7-5-18)35-10-12-41-13-11-35/h2-9,14-15,24-26H,10-13H2,1H3,(H,34,38)(H,39,40). The van der Waals surface area contributed by atoms with Gasteiger partial charge in [0.1, 0.15) is 5.92 Å². The summed E-state index contributed by atoms with van der Waals surface area (Å²) in [6.45, 7) is 4.54. The maximum Gasteiger partial charge on any atom is 0.311 e. The summed E-state index contributed by atoms with van der Waals surface area (Å²) in [7, 11) is 0. The van der Waals surface area contributed by atoms with Crippen LogP contribution >= 0.6 is 31.9 Å². The van der Waals surface area contributed by atoms with Gasteiger partial charge in [0.05, 0.1) is 25.2 Å². The number of rotatable bonds is 5. The molecule has 4 unspecified atom stereocenters. The average molecular weight is 698 g/mol. The first kappa shape index (κ1) is 28.7. The summed E-state index contributed by atoms with van der Waals surface area (Å²) in [6, 6.07) is 17.0. The lowest BCUT2D eigenvalue weighted by Gasteiger charge is -2.29. The Balaban J connectivity index is 1.40. The molecule has 0 radical (unpaired) electrons. The predicted molar refractivity (Wildman–Crippen MR) is 161 cm³/mol. The fraction of sp³-hybridized carbons (Fsp3) is 0.290. The zero-order valence-electron chi connectivity index (χ0n) is 22.4. The molecule has 2 aliphatic heterocycles. The number of amides is 1. The van der Waals surface area contributed by atoms with Gasteiger partial charge in [-0.25, -0.2) is 0 Å². The first-order valence-electron chi connectivity index (χ1n) is 13.4. The molecule has 2 saturated heterocycles. The number of carbonyl (C=O) groups is 4. The fourth-order valence-corrected chi connectivity index (χ4v) is 6.74. The second-order valence-corrected chi connectivity index (χ2v) is 12.3. The first-order chi connectivity index (χ1) is 20.1. The van der Waals surface area contributed by atoms with Crippen molar-refractivity contribution in [3.8, 4) is 0 Å². The number of Topliss-reactive ketones (excluding diaryl/α,β-unsaturated/α-hetero) is 2. The smallest absolute Gasteiger partial charge is 0.311 e. The van der Waals surface area contributed by atoms with E-state index in [1.807, 2.05) is 12.1 Å². The molecular formula is C31H26Br2N2O7. The van der Waals surface area contributed by atoms with Crippen LogP contribution in [0.5, 0.6) is 0 Å². The van der Waals surface area contributed by atoms with E-state index in [-0.39, 0.29) is 11.1 Å². The number of carbonyl (C=O) groups excluding carboxylic acids is 3. The van der Waals surface area contributed by atoms with Crippen molar-refractivity contribution in [3.05, 3.63) is 91.9 Å². The Morgan fingerprint density at radius 3 is 2.29 bits per heavy atom.